The molecule has 4 rings (SSSR count). The van der Waals surface area contributed by atoms with Crippen LogP contribution >= 0.6 is 0 Å². The van der Waals surface area contributed by atoms with E-state index in [-0.39, 0.29) is 5.60 Å². The summed E-state index contributed by atoms with van der Waals surface area (Å²) in [5.74, 6) is -3.53. The van der Waals surface area contributed by atoms with Crippen LogP contribution in [0.4, 0.5) is 32.2 Å². The van der Waals surface area contributed by atoms with E-state index >= 15 is 0 Å². The summed E-state index contributed by atoms with van der Waals surface area (Å²) < 4.78 is 75.0. The second kappa shape index (κ2) is 14.2. The molecule has 0 amide bonds. The molecule has 40 heavy (non-hydrogen) atoms. The van der Waals surface area contributed by atoms with Gasteiger partial charge >= 0.3 is 24.3 Å². The Labute approximate surface area is 225 Å². The number of alkyl halides is 6. The van der Waals surface area contributed by atoms with Gasteiger partial charge in [-0.25, -0.2) is 14.6 Å². The molecule has 0 aliphatic carbocycles. The number of hydrogen-bond donors (Lipinski definition) is 2. The van der Waals surface area contributed by atoms with E-state index in [1.807, 2.05) is 24.4 Å². The minimum absolute atomic E-state index is 0.0216. The molecule has 1 aromatic heterocycles. The molecule has 2 aliphatic rings. The van der Waals surface area contributed by atoms with Gasteiger partial charge in [0, 0.05) is 38.9 Å². The molecule has 0 saturated carbocycles. The Hall–Kier alpha value is -3.59. The molecule has 2 aliphatic heterocycles. The lowest BCUT2D eigenvalue weighted by atomic mass is 9.89. The molecule has 0 atom stereocenters. The molecule has 9 nitrogen and oxygen atoms in total. The number of nitrogens with zero attached hydrogens (tertiary/aromatic N) is 3. The fourth-order valence-electron chi connectivity index (χ4n) is 3.99. The van der Waals surface area contributed by atoms with Crippen LogP contribution < -0.4 is 9.64 Å². The molecule has 2 saturated heterocycles. The summed E-state index contributed by atoms with van der Waals surface area (Å²) in [6.07, 6.45) is -6.14. The van der Waals surface area contributed by atoms with E-state index in [0.717, 1.165) is 63.7 Å². The molecular formula is C25H29F6N3O6. The maximum atomic E-state index is 10.6. The first-order valence-corrected chi connectivity index (χ1v) is 11.9. The van der Waals surface area contributed by atoms with Gasteiger partial charge in [-0.1, -0.05) is 18.2 Å². The number of carboxylic acids is 2. The zero-order chi connectivity index (χ0) is 30.0. The molecule has 0 unspecified atom stereocenters. The third-order valence-corrected chi connectivity index (χ3v) is 6.04. The van der Waals surface area contributed by atoms with E-state index < -0.39 is 24.3 Å². The van der Waals surface area contributed by atoms with Gasteiger partial charge in [-0.05, 0) is 42.7 Å². The maximum absolute atomic E-state index is 10.6. The summed E-state index contributed by atoms with van der Waals surface area (Å²) in [6.45, 7) is 5.79. The Morgan fingerprint density at radius 1 is 0.950 bits per heavy atom. The molecule has 2 N–H and O–H groups in total. The highest BCUT2D eigenvalue weighted by molar-refractivity contribution is 5.73. The van der Waals surface area contributed by atoms with Crippen LogP contribution in [0, 0.1) is 0 Å². The molecule has 0 bridgehead atoms. The smallest absolute Gasteiger partial charge is 0.490 e. The maximum Gasteiger partial charge on any atom is 0.490 e. The van der Waals surface area contributed by atoms with Crippen molar-refractivity contribution in [1.29, 1.82) is 0 Å². The first-order valence-electron chi connectivity index (χ1n) is 11.9. The Kier molecular flexibility index (Phi) is 11.5. The van der Waals surface area contributed by atoms with Crippen LogP contribution in [0.2, 0.25) is 0 Å². The molecule has 1 spiro atoms. The molecule has 1 aromatic carbocycles. The predicted molar refractivity (Wildman–Crippen MR) is 130 cm³/mol. The fourth-order valence-corrected chi connectivity index (χ4v) is 3.99. The number of carbonyl (C=O) groups is 2. The van der Waals surface area contributed by atoms with E-state index in [2.05, 4.69) is 39.0 Å². The standard InChI is InChI=1S/C21H27N3O2.2C2HF3O2/c1-25-19-7-5-18(6-8-19)16-23-12-9-21(10-13-23)17-24(14-15-26-21)20-4-2-3-11-22-20;2*3-2(4,5)1(6)7/h2-8,11H,9-10,12-17H2,1H3;2*(H,6,7). The number of aliphatic carboxylic acids is 2. The van der Waals surface area contributed by atoms with Crippen LogP contribution in [0.3, 0.4) is 0 Å². The van der Waals surface area contributed by atoms with Crippen molar-refractivity contribution >= 4 is 17.8 Å². The van der Waals surface area contributed by atoms with Crippen molar-refractivity contribution in [1.82, 2.24) is 9.88 Å². The van der Waals surface area contributed by atoms with Crippen molar-refractivity contribution in [3.8, 4) is 5.75 Å². The Morgan fingerprint density at radius 2 is 1.50 bits per heavy atom. The number of carboxylic acid groups (broad SMARTS) is 2. The van der Waals surface area contributed by atoms with Crippen LogP contribution in [0.15, 0.2) is 48.7 Å². The monoisotopic (exact) mass is 581 g/mol. The number of rotatable bonds is 4. The average molecular weight is 582 g/mol. The quantitative estimate of drug-likeness (QED) is 0.513. The summed E-state index contributed by atoms with van der Waals surface area (Å²) >= 11 is 0. The number of halogens is 6. The highest BCUT2D eigenvalue weighted by Crippen LogP contribution is 2.32. The highest BCUT2D eigenvalue weighted by Gasteiger charge is 2.40. The third-order valence-electron chi connectivity index (χ3n) is 6.04. The number of pyridine rings is 1. The van der Waals surface area contributed by atoms with E-state index in [1.54, 1.807) is 7.11 Å². The van der Waals surface area contributed by atoms with Gasteiger partial charge in [0.1, 0.15) is 11.6 Å². The number of aromatic nitrogens is 1. The summed E-state index contributed by atoms with van der Waals surface area (Å²) in [5, 5.41) is 14.2. The number of morpholine rings is 1. The van der Waals surface area contributed by atoms with Gasteiger partial charge in [0.25, 0.3) is 0 Å². The zero-order valence-electron chi connectivity index (χ0n) is 21.4. The van der Waals surface area contributed by atoms with Gasteiger partial charge in [0.05, 0.1) is 19.3 Å². The first kappa shape index (κ1) is 32.6. The summed E-state index contributed by atoms with van der Waals surface area (Å²) in [6, 6.07) is 14.5. The van der Waals surface area contributed by atoms with Crippen molar-refractivity contribution in [3.63, 3.8) is 0 Å². The van der Waals surface area contributed by atoms with Crippen LogP contribution in [-0.2, 0) is 20.9 Å². The van der Waals surface area contributed by atoms with Crippen molar-refractivity contribution in [2.24, 2.45) is 0 Å². The van der Waals surface area contributed by atoms with Gasteiger partial charge in [-0.3, -0.25) is 4.90 Å². The molecule has 2 fully saturated rings. The van der Waals surface area contributed by atoms with Crippen molar-refractivity contribution in [2.45, 2.75) is 37.3 Å². The summed E-state index contributed by atoms with van der Waals surface area (Å²) in [7, 11) is 1.71. The third kappa shape index (κ3) is 10.5. The van der Waals surface area contributed by atoms with E-state index in [0.29, 0.717) is 0 Å². The Balaban J connectivity index is 0.000000333. The number of piperidine rings is 1. The average Bonchev–Trinajstić information content (AvgIpc) is 2.91. The lowest BCUT2D eigenvalue weighted by Gasteiger charge is -2.47. The molecule has 3 heterocycles. The van der Waals surface area contributed by atoms with E-state index in [1.165, 1.54) is 5.56 Å². The van der Waals surface area contributed by atoms with Crippen LogP contribution in [0.1, 0.15) is 18.4 Å². The van der Waals surface area contributed by atoms with E-state index in [4.69, 9.17) is 29.3 Å². The summed E-state index contributed by atoms with van der Waals surface area (Å²) in [5.41, 5.74) is 1.31. The molecule has 0 radical (unpaired) electrons. The SMILES string of the molecule is COc1ccc(CN2CCC3(CC2)CN(c2ccccn2)CCO3)cc1.O=C(O)C(F)(F)F.O=C(O)C(F)(F)F. The molecule has 222 valence electrons. The molecule has 2 aromatic rings. The number of methoxy groups -OCH3 is 1. The number of ether oxygens (including phenoxy) is 2. The number of anilines is 1. The number of benzene rings is 1. The number of likely N-dealkylation sites (tertiary alicyclic amines) is 1. The summed E-state index contributed by atoms with van der Waals surface area (Å²) in [4.78, 5) is 27.2. The molecule has 15 heteroatoms. The molecular weight excluding hydrogens is 552 g/mol. The van der Waals surface area contributed by atoms with Crippen molar-refractivity contribution < 1.29 is 55.6 Å². The normalized spacial score (nSPS) is 17.1. The van der Waals surface area contributed by atoms with Gasteiger partial charge in [-0.15, -0.1) is 0 Å². The topological polar surface area (TPSA) is 112 Å². The lowest BCUT2D eigenvalue weighted by Crippen LogP contribution is -2.57. The predicted octanol–water partition coefficient (Wildman–Crippen LogP) is 4.23. The first-order chi connectivity index (χ1) is 18.6. The van der Waals surface area contributed by atoms with Gasteiger partial charge < -0.3 is 24.6 Å². The van der Waals surface area contributed by atoms with Crippen LogP contribution in [-0.4, -0.2) is 89.9 Å². The van der Waals surface area contributed by atoms with Gasteiger partial charge in [0.15, 0.2) is 0 Å². The van der Waals surface area contributed by atoms with Crippen molar-refractivity contribution in [3.05, 3.63) is 54.2 Å². The highest BCUT2D eigenvalue weighted by atomic mass is 19.4. The largest absolute Gasteiger partial charge is 0.497 e. The Bertz CT molecular complexity index is 1050. The number of hydrogen-bond acceptors (Lipinski definition) is 7. The van der Waals surface area contributed by atoms with Gasteiger partial charge in [-0.2, -0.15) is 26.3 Å². The minimum Gasteiger partial charge on any atom is -0.497 e. The zero-order valence-corrected chi connectivity index (χ0v) is 21.4. The van der Waals surface area contributed by atoms with E-state index in [9.17, 15) is 26.3 Å². The van der Waals surface area contributed by atoms with Crippen molar-refractivity contribution in [2.75, 3.05) is 44.8 Å². The minimum atomic E-state index is -5.08. The second-order valence-corrected chi connectivity index (χ2v) is 8.87. The lowest BCUT2D eigenvalue weighted by molar-refractivity contribution is -0.193. The second-order valence-electron chi connectivity index (χ2n) is 8.87. The van der Waals surface area contributed by atoms with Crippen LogP contribution in [0.25, 0.3) is 0 Å². The Morgan fingerprint density at radius 3 is 1.95 bits per heavy atom. The van der Waals surface area contributed by atoms with Crippen LogP contribution in [0.5, 0.6) is 5.75 Å². The fraction of sp³-hybridized carbons (Fsp3) is 0.480. The van der Waals surface area contributed by atoms with Gasteiger partial charge in [0.2, 0.25) is 0 Å².